The molecule has 15 heavy (non-hydrogen) atoms. The maximum absolute atomic E-state index is 9.46. The Balaban J connectivity index is 2.07. The van der Waals surface area contributed by atoms with E-state index in [1.165, 1.54) is 0 Å². The summed E-state index contributed by atoms with van der Waals surface area (Å²) in [6, 6.07) is 9.46. The van der Waals surface area contributed by atoms with Gasteiger partial charge in [0.1, 0.15) is 18.3 Å². The lowest BCUT2D eigenvalue weighted by Crippen LogP contribution is -2.28. The quantitative estimate of drug-likeness (QED) is 0.592. The molecule has 1 aromatic rings. The van der Waals surface area contributed by atoms with Crippen LogP contribution in [0.3, 0.4) is 0 Å². The molecule has 1 aliphatic heterocycles. The standard InChI is InChI=1S/C12H12O3/c13-10-8-15-11(12(10)14)7-6-9-4-2-1-3-5-9/h1-5,10-14H,8H2. The number of aliphatic hydroxyl groups is 2. The van der Waals surface area contributed by atoms with Gasteiger partial charge in [-0.15, -0.1) is 0 Å². The first-order chi connectivity index (χ1) is 7.27. The first-order valence-corrected chi connectivity index (χ1v) is 4.82. The number of hydrogen-bond acceptors (Lipinski definition) is 3. The van der Waals surface area contributed by atoms with E-state index in [-0.39, 0.29) is 6.61 Å². The molecule has 2 N–H and O–H groups in total. The van der Waals surface area contributed by atoms with Gasteiger partial charge in [-0.25, -0.2) is 0 Å². The lowest BCUT2D eigenvalue weighted by molar-refractivity contribution is 0.0447. The zero-order valence-corrected chi connectivity index (χ0v) is 8.13. The van der Waals surface area contributed by atoms with Crippen LogP contribution in [0.2, 0.25) is 0 Å². The normalized spacial score (nSPS) is 29.6. The van der Waals surface area contributed by atoms with Crippen LogP contribution < -0.4 is 0 Å². The summed E-state index contributed by atoms with van der Waals surface area (Å²) in [5.41, 5.74) is 0.870. The Kier molecular flexibility index (Phi) is 3.02. The first kappa shape index (κ1) is 10.2. The van der Waals surface area contributed by atoms with Gasteiger partial charge in [-0.3, -0.25) is 0 Å². The fourth-order valence-corrected chi connectivity index (χ4v) is 1.40. The van der Waals surface area contributed by atoms with Crippen LogP contribution >= 0.6 is 0 Å². The van der Waals surface area contributed by atoms with E-state index in [1.54, 1.807) is 0 Å². The third-order valence-electron chi connectivity index (χ3n) is 2.28. The molecule has 0 saturated carbocycles. The van der Waals surface area contributed by atoms with Gasteiger partial charge in [0.15, 0.2) is 0 Å². The molecule has 3 nitrogen and oxygen atoms in total. The van der Waals surface area contributed by atoms with Gasteiger partial charge < -0.3 is 14.9 Å². The number of benzene rings is 1. The summed E-state index contributed by atoms with van der Waals surface area (Å²) < 4.78 is 5.13. The van der Waals surface area contributed by atoms with Crippen LogP contribution in [-0.2, 0) is 4.74 Å². The summed E-state index contributed by atoms with van der Waals surface area (Å²) in [5, 5.41) is 18.7. The highest BCUT2D eigenvalue weighted by molar-refractivity contribution is 5.35. The van der Waals surface area contributed by atoms with Gasteiger partial charge in [0.25, 0.3) is 0 Å². The predicted molar refractivity (Wildman–Crippen MR) is 55.1 cm³/mol. The van der Waals surface area contributed by atoms with Crippen molar-refractivity contribution in [1.29, 1.82) is 0 Å². The summed E-state index contributed by atoms with van der Waals surface area (Å²) >= 11 is 0. The van der Waals surface area contributed by atoms with Crippen molar-refractivity contribution in [2.24, 2.45) is 0 Å². The lowest BCUT2D eigenvalue weighted by Gasteiger charge is -2.07. The Morgan fingerprint density at radius 3 is 2.53 bits per heavy atom. The highest BCUT2D eigenvalue weighted by atomic mass is 16.5. The molecule has 0 aliphatic carbocycles. The molecule has 0 radical (unpaired) electrons. The maximum atomic E-state index is 9.46. The fraction of sp³-hybridized carbons (Fsp3) is 0.333. The minimum absolute atomic E-state index is 0.148. The van der Waals surface area contributed by atoms with Crippen molar-refractivity contribution in [3.63, 3.8) is 0 Å². The van der Waals surface area contributed by atoms with Crippen LogP contribution in [-0.4, -0.2) is 35.1 Å². The molecule has 3 unspecified atom stereocenters. The van der Waals surface area contributed by atoms with Crippen LogP contribution in [0, 0.1) is 11.8 Å². The lowest BCUT2D eigenvalue weighted by atomic mass is 10.1. The van der Waals surface area contributed by atoms with E-state index in [9.17, 15) is 10.2 Å². The fourth-order valence-electron chi connectivity index (χ4n) is 1.40. The Bertz CT molecular complexity index is 377. The van der Waals surface area contributed by atoms with Crippen molar-refractivity contribution in [1.82, 2.24) is 0 Å². The molecule has 1 saturated heterocycles. The smallest absolute Gasteiger partial charge is 0.147 e. The van der Waals surface area contributed by atoms with Crippen molar-refractivity contribution in [2.75, 3.05) is 6.61 Å². The van der Waals surface area contributed by atoms with Gasteiger partial charge in [0, 0.05) is 5.56 Å². The molecule has 0 aromatic heterocycles. The van der Waals surface area contributed by atoms with Gasteiger partial charge in [-0.1, -0.05) is 30.0 Å². The van der Waals surface area contributed by atoms with Crippen LogP contribution in [0.5, 0.6) is 0 Å². The highest BCUT2D eigenvalue weighted by Gasteiger charge is 2.33. The van der Waals surface area contributed by atoms with Crippen molar-refractivity contribution < 1.29 is 14.9 Å². The number of hydrogen-bond donors (Lipinski definition) is 2. The minimum Gasteiger partial charge on any atom is -0.388 e. The minimum atomic E-state index is -0.902. The summed E-state index contributed by atoms with van der Waals surface area (Å²) in [4.78, 5) is 0. The van der Waals surface area contributed by atoms with Crippen molar-refractivity contribution >= 4 is 0 Å². The van der Waals surface area contributed by atoms with E-state index >= 15 is 0 Å². The molecule has 78 valence electrons. The van der Waals surface area contributed by atoms with Crippen molar-refractivity contribution in [3.8, 4) is 11.8 Å². The molecule has 1 aliphatic rings. The van der Waals surface area contributed by atoms with Gasteiger partial charge in [0.05, 0.1) is 6.61 Å². The molecule has 3 atom stereocenters. The molecular weight excluding hydrogens is 192 g/mol. The zero-order valence-electron chi connectivity index (χ0n) is 8.13. The monoisotopic (exact) mass is 204 g/mol. The summed E-state index contributed by atoms with van der Waals surface area (Å²) in [6.45, 7) is 0.148. The topological polar surface area (TPSA) is 49.7 Å². The SMILES string of the molecule is OC1COC(C#Cc2ccccc2)C1O. The Morgan fingerprint density at radius 2 is 1.93 bits per heavy atom. The third kappa shape index (κ3) is 2.37. The van der Waals surface area contributed by atoms with E-state index in [1.807, 2.05) is 30.3 Å². The van der Waals surface area contributed by atoms with Gasteiger partial charge in [-0.05, 0) is 12.1 Å². The van der Waals surface area contributed by atoms with Gasteiger partial charge in [0.2, 0.25) is 0 Å². The van der Waals surface area contributed by atoms with E-state index < -0.39 is 18.3 Å². The van der Waals surface area contributed by atoms with Crippen molar-refractivity contribution in [3.05, 3.63) is 35.9 Å². The molecule has 1 fully saturated rings. The van der Waals surface area contributed by atoms with Crippen LogP contribution in [0.15, 0.2) is 30.3 Å². The molecule has 1 heterocycles. The zero-order chi connectivity index (χ0) is 10.7. The summed E-state index contributed by atoms with van der Waals surface area (Å²) in [5.74, 6) is 5.69. The van der Waals surface area contributed by atoms with Crippen molar-refractivity contribution in [2.45, 2.75) is 18.3 Å². The summed E-state index contributed by atoms with van der Waals surface area (Å²) in [7, 11) is 0. The number of aliphatic hydroxyl groups excluding tert-OH is 2. The van der Waals surface area contributed by atoms with E-state index in [0.29, 0.717) is 0 Å². The Morgan fingerprint density at radius 1 is 1.20 bits per heavy atom. The predicted octanol–water partition coefficient (Wildman–Crippen LogP) is 0.159. The van der Waals surface area contributed by atoms with Crippen LogP contribution in [0.1, 0.15) is 5.56 Å². The molecule has 0 spiro atoms. The van der Waals surface area contributed by atoms with Crippen LogP contribution in [0.25, 0.3) is 0 Å². The summed E-state index contributed by atoms with van der Waals surface area (Å²) in [6.07, 6.45) is -2.30. The largest absolute Gasteiger partial charge is 0.388 e. The molecule has 0 amide bonds. The highest BCUT2D eigenvalue weighted by Crippen LogP contribution is 2.13. The number of ether oxygens (including phenoxy) is 1. The Labute approximate surface area is 88.3 Å². The second-order valence-corrected chi connectivity index (χ2v) is 3.45. The third-order valence-corrected chi connectivity index (χ3v) is 2.28. The van der Waals surface area contributed by atoms with E-state index in [2.05, 4.69) is 11.8 Å². The van der Waals surface area contributed by atoms with E-state index in [0.717, 1.165) is 5.56 Å². The maximum Gasteiger partial charge on any atom is 0.147 e. The average Bonchev–Trinajstić information content (AvgIpc) is 2.59. The van der Waals surface area contributed by atoms with Gasteiger partial charge >= 0.3 is 0 Å². The molecular formula is C12H12O3. The molecule has 3 heteroatoms. The number of rotatable bonds is 0. The average molecular weight is 204 g/mol. The second kappa shape index (κ2) is 4.45. The molecule has 1 aromatic carbocycles. The first-order valence-electron chi connectivity index (χ1n) is 4.82. The van der Waals surface area contributed by atoms with Crippen LogP contribution in [0.4, 0.5) is 0 Å². The van der Waals surface area contributed by atoms with E-state index in [4.69, 9.17) is 4.74 Å². The second-order valence-electron chi connectivity index (χ2n) is 3.45. The Hall–Kier alpha value is -1.34. The molecule has 2 rings (SSSR count). The molecule has 0 bridgehead atoms. The van der Waals surface area contributed by atoms with Gasteiger partial charge in [-0.2, -0.15) is 0 Å².